The van der Waals surface area contributed by atoms with Gasteiger partial charge < -0.3 is 15.0 Å². The zero-order valence-electron chi connectivity index (χ0n) is 16.8. The Labute approximate surface area is 183 Å². The van der Waals surface area contributed by atoms with Gasteiger partial charge in [-0.1, -0.05) is 29.5 Å². The number of methoxy groups -OCH3 is 1. The van der Waals surface area contributed by atoms with Gasteiger partial charge in [-0.3, -0.25) is 4.79 Å². The molecule has 2 aliphatic heterocycles. The third-order valence-corrected chi connectivity index (χ3v) is 6.53. The molecule has 30 heavy (non-hydrogen) atoms. The van der Waals surface area contributed by atoms with E-state index in [2.05, 4.69) is 10.3 Å². The number of aliphatic imine (C=N–C) groups is 1. The van der Waals surface area contributed by atoms with E-state index < -0.39 is 5.97 Å². The SMILES string of the molecule is COC(=O)C1=C(C)N=C2SC=C(CC(=O)Nc3ccc(C)cc3)N2C1c1ccsc1. The average molecular weight is 440 g/mol. The molecule has 1 aromatic heterocycles. The summed E-state index contributed by atoms with van der Waals surface area (Å²) in [6, 6.07) is 9.30. The minimum Gasteiger partial charge on any atom is -0.466 e. The average Bonchev–Trinajstić information content (AvgIpc) is 3.39. The van der Waals surface area contributed by atoms with E-state index in [1.807, 2.05) is 65.2 Å². The molecule has 1 atom stereocenters. The topological polar surface area (TPSA) is 71.0 Å². The summed E-state index contributed by atoms with van der Waals surface area (Å²) in [7, 11) is 1.37. The number of allylic oxidation sites excluding steroid dienone is 1. The van der Waals surface area contributed by atoms with Gasteiger partial charge >= 0.3 is 5.97 Å². The molecule has 0 radical (unpaired) electrons. The van der Waals surface area contributed by atoms with Gasteiger partial charge in [0.05, 0.1) is 30.8 Å². The number of benzene rings is 1. The number of carbonyl (C=O) groups excluding carboxylic acids is 2. The summed E-state index contributed by atoms with van der Waals surface area (Å²) < 4.78 is 5.05. The molecule has 2 aliphatic rings. The van der Waals surface area contributed by atoms with Crippen molar-refractivity contribution in [2.45, 2.75) is 26.3 Å². The Morgan fingerprint density at radius 3 is 2.63 bits per heavy atom. The number of amides is 1. The van der Waals surface area contributed by atoms with Gasteiger partial charge in [0.25, 0.3) is 0 Å². The number of rotatable bonds is 5. The van der Waals surface area contributed by atoms with Crippen LogP contribution in [0.15, 0.2) is 68.5 Å². The molecule has 4 rings (SSSR count). The van der Waals surface area contributed by atoms with Gasteiger partial charge in [-0.15, -0.1) is 0 Å². The first-order valence-corrected chi connectivity index (χ1v) is 11.2. The molecule has 0 saturated heterocycles. The lowest BCUT2D eigenvalue weighted by Crippen LogP contribution is -2.37. The molecule has 154 valence electrons. The van der Waals surface area contributed by atoms with E-state index in [1.54, 1.807) is 11.3 Å². The summed E-state index contributed by atoms with van der Waals surface area (Å²) in [6.07, 6.45) is 0.175. The summed E-state index contributed by atoms with van der Waals surface area (Å²) in [4.78, 5) is 31.9. The second-order valence-electron chi connectivity index (χ2n) is 7.03. The molecule has 1 unspecified atom stereocenters. The third-order valence-electron chi connectivity index (χ3n) is 4.94. The first-order valence-electron chi connectivity index (χ1n) is 9.39. The summed E-state index contributed by atoms with van der Waals surface area (Å²) >= 11 is 3.02. The molecular weight excluding hydrogens is 418 g/mol. The van der Waals surface area contributed by atoms with E-state index in [9.17, 15) is 9.59 Å². The minimum atomic E-state index is -0.410. The zero-order valence-corrected chi connectivity index (χ0v) is 18.5. The van der Waals surface area contributed by atoms with Crippen molar-refractivity contribution in [1.82, 2.24) is 4.90 Å². The number of hydrogen-bond acceptors (Lipinski definition) is 7. The summed E-state index contributed by atoms with van der Waals surface area (Å²) in [5.41, 5.74) is 4.79. The predicted octanol–water partition coefficient (Wildman–Crippen LogP) is 4.83. The second-order valence-corrected chi connectivity index (χ2v) is 8.65. The van der Waals surface area contributed by atoms with E-state index >= 15 is 0 Å². The number of thioether (sulfide) groups is 1. The minimum absolute atomic E-state index is 0.123. The Balaban J connectivity index is 1.61. The molecule has 8 heteroatoms. The smallest absolute Gasteiger partial charge is 0.338 e. The first kappa shape index (κ1) is 20.4. The first-order chi connectivity index (χ1) is 14.5. The molecule has 2 aromatic rings. The lowest BCUT2D eigenvalue weighted by molar-refractivity contribution is -0.136. The van der Waals surface area contributed by atoms with Gasteiger partial charge in [0.15, 0.2) is 5.17 Å². The van der Waals surface area contributed by atoms with Crippen LogP contribution in [0.4, 0.5) is 5.69 Å². The lowest BCUT2D eigenvalue weighted by atomic mass is 9.96. The number of nitrogens with zero attached hydrogens (tertiary/aromatic N) is 2. The Hall–Kier alpha value is -2.84. The van der Waals surface area contributed by atoms with Crippen LogP contribution in [0.2, 0.25) is 0 Å². The van der Waals surface area contributed by atoms with Crippen molar-refractivity contribution < 1.29 is 14.3 Å². The maximum absolute atomic E-state index is 12.7. The zero-order chi connectivity index (χ0) is 21.3. The molecule has 6 nitrogen and oxygen atoms in total. The molecule has 3 heterocycles. The maximum Gasteiger partial charge on any atom is 0.338 e. The molecule has 0 saturated carbocycles. The van der Waals surface area contributed by atoms with Gasteiger partial charge in [0, 0.05) is 11.4 Å². The highest BCUT2D eigenvalue weighted by molar-refractivity contribution is 8.16. The van der Waals surface area contributed by atoms with Crippen LogP contribution in [0, 0.1) is 6.92 Å². The highest BCUT2D eigenvalue weighted by Gasteiger charge is 2.41. The second kappa shape index (κ2) is 8.49. The van der Waals surface area contributed by atoms with Crippen LogP contribution in [0.1, 0.15) is 30.5 Å². The predicted molar refractivity (Wildman–Crippen MR) is 121 cm³/mol. The summed E-state index contributed by atoms with van der Waals surface area (Å²) in [5.74, 6) is -0.534. The number of nitrogens with one attached hydrogen (secondary N) is 1. The van der Waals surface area contributed by atoms with Gasteiger partial charge in [0.1, 0.15) is 0 Å². The van der Waals surface area contributed by atoms with E-state index in [1.165, 1.54) is 18.9 Å². The van der Waals surface area contributed by atoms with Crippen molar-refractivity contribution in [3.8, 4) is 0 Å². The van der Waals surface area contributed by atoms with Crippen LogP contribution < -0.4 is 5.32 Å². The van der Waals surface area contributed by atoms with E-state index in [4.69, 9.17) is 4.74 Å². The van der Waals surface area contributed by atoms with E-state index in [0.717, 1.165) is 27.7 Å². The fraction of sp³-hybridized carbons (Fsp3) is 0.227. The van der Waals surface area contributed by atoms with Crippen molar-refractivity contribution in [3.63, 3.8) is 0 Å². The van der Waals surface area contributed by atoms with E-state index in [0.29, 0.717) is 11.3 Å². The maximum atomic E-state index is 12.7. The molecule has 0 spiro atoms. The fourth-order valence-corrected chi connectivity index (χ4v) is 5.14. The Morgan fingerprint density at radius 2 is 1.97 bits per heavy atom. The number of esters is 1. The highest BCUT2D eigenvalue weighted by Crippen LogP contribution is 2.45. The number of thiophene rings is 1. The molecule has 0 aliphatic carbocycles. The van der Waals surface area contributed by atoms with Crippen molar-refractivity contribution in [3.05, 3.63) is 74.6 Å². The summed E-state index contributed by atoms with van der Waals surface area (Å²) in [5, 5.41) is 9.61. The van der Waals surface area contributed by atoms with Crippen LogP contribution in [0.5, 0.6) is 0 Å². The quantitative estimate of drug-likeness (QED) is 0.676. The molecule has 0 bridgehead atoms. The van der Waals surface area contributed by atoms with E-state index in [-0.39, 0.29) is 18.4 Å². The van der Waals surface area contributed by atoms with Gasteiger partial charge in [0.2, 0.25) is 5.91 Å². The third kappa shape index (κ3) is 3.93. The largest absolute Gasteiger partial charge is 0.466 e. The van der Waals surface area contributed by atoms with Crippen molar-refractivity contribution in [2.24, 2.45) is 4.99 Å². The lowest BCUT2D eigenvalue weighted by Gasteiger charge is -2.35. The number of hydrogen-bond donors (Lipinski definition) is 1. The van der Waals surface area contributed by atoms with Crippen molar-refractivity contribution >= 4 is 45.8 Å². The monoisotopic (exact) mass is 439 g/mol. The number of aryl methyl sites for hydroxylation is 1. The number of fused-ring (bicyclic) bond motifs is 1. The normalized spacial score (nSPS) is 18.0. The van der Waals surface area contributed by atoms with Gasteiger partial charge in [-0.05, 0) is 53.8 Å². The molecule has 1 aromatic carbocycles. The molecule has 0 fully saturated rings. The van der Waals surface area contributed by atoms with Crippen LogP contribution in [0.25, 0.3) is 0 Å². The van der Waals surface area contributed by atoms with Gasteiger partial charge in [-0.25, -0.2) is 9.79 Å². The Kier molecular flexibility index (Phi) is 5.78. The van der Waals surface area contributed by atoms with Crippen LogP contribution in [-0.4, -0.2) is 29.1 Å². The van der Waals surface area contributed by atoms with Crippen molar-refractivity contribution in [1.29, 1.82) is 0 Å². The fourth-order valence-electron chi connectivity index (χ4n) is 3.49. The van der Waals surface area contributed by atoms with Crippen LogP contribution in [0.3, 0.4) is 0 Å². The number of amidine groups is 1. The number of ether oxygens (including phenoxy) is 1. The number of anilines is 1. The summed E-state index contributed by atoms with van der Waals surface area (Å²) in [6.45, 7) is 3.82. The van der Waals surface area contributed by atoms with Gasteiger partial charge in [-0.2, -0.15) is 11.3 Å². The van der Waals surface area contributed by atoms with Crippen molar-refractivity contribution in [2.75, 3.05) is 12.4 Å². The molecule has 1 N–H and O–H groups in total. The molecular formula is C22H21N3O3S2. The Bertz CT molecular complexity index is 1070. The standard InChI is InChI=1S/C22H21N3O3S2/c1-13-4-6-16(7-5-13)24-18(26)10-17-12-30-22-23-14(2)19(21(27)28-3)20(25(17)22)15-8-9-29-11-15/h4-9,11-12,20H,10H2,1-3H3,(H,24,26). The van der Waals surface area contributed by atoms with Crippen LogP contribution >= 0.6 is 23.1 Å². The highest BCUT2D eigenvalue weighted by atomic mass is 32.2. The number of carbonyl (C=O) groups is 2. The van der Waals surface area contributed by atoms with Crippen LogP contribution in [-0.2, 0) is 14.3 Å². The Morgan fingerprint density at radius 1 is 1.20 bits per heavy atom. The molecule has 1 amide bonds.